The van der Waals surface area contributed by atoms with Crippen LogP contribution < -0.4 is 26.3 Å². The van der Waals surface area contributed by atoms with Gasteiger partial charge in [0.2, 0.25) is 6.79 Å². The highest BCUT2D eigenvalue weighted by molar-refractivity contribution is 9.10. The van der Waals surface area contributed by atoms with Gasteiger partial charge in [0.1, 0.15) is 6.33 Å². The molecule has 2 aliphatic heterocycles. The number of alkyl carbamates (subject to hydrolysis) is 1. The number of nitrogens with zero attached hydrogens (tertiary/aromatic N) is 5. The predicted octanol–water partition coefficient (Wildman–Crippen LogP) is 2.75. The summed E-state index contributed by atoms with van der Waals surface area (Å²) in [4.78, 5) is 40.6. The first kappa shape index (κ1) is 28.2. The van der Waals surface area contributed by atoms with E-state index in [1.54, 1.807) is 11.8 Å². The lowest BCUT2D eigenvalue weighted by Crippen LogP contribution is -2.45. The Morgan fingerprint density at radius 3 is 2.75 bits per heavy atom. The van der Waals surface area contributed by atoms with Gasteiger partial charge in [0.15, 0.2) is 39.7 Å². The minimum atomic E-state index is -0.855. The second-order valence-electron chi connectivity index (χ2n) is 9.54. The van der Waals surface area contributed by atoms with Crippen LogP contribution in [0.4, 0.5) is 10.6 Å². The fourth-order valence-corrected chi connectivity index (χ4v) is 6.24. The van der Waals surface area contributed by atoms with Crippen LogP contribution in [0, 0.1) is 5.92 Å². The Hall–Kier alpha value is -3.30. The summed E-state index contributed by atoms with van der Waals surface area (Å²) in [6, 6.07) is 3.81. The number of imidazole rings is 1. The molecule has 1 fully saturated rings. The van der Waals surface area contributed by atoms with Gasteiger partial charge in [-0.15, -0.1) is 0 Å². The van der Waals surface area contributed by atoms with E-state index in [-0.39, 0.29) is 12.7 Å². The van der Waals surface area contributed by atoms with Crippen LogP contribution in [-0.2, 0) is 16.1 Å². The highest BCUT2D eigenvalue weighted by Crippen LogP contribution is 2.43. The van der Waals surface area contributed by atoms with Crippen LogP contribution in [-0.4, -0.2) is 75.5 Å². The Labute approximate surface area is 243 Å². The monoisotopic (exact) mass is 634 g/mol. The van der Waals surface area contributed by atoms with E-state index in [2.05, 4.69) is 35.8 Å². The largest absolute Gasteiger partial charge is 0.454 e. The number of rotatable bonds is 9. The van der Waals surface area contributed by atoms with Gasteiger partial charge >= 0.3 is 6.09 Å². The molecule has 5 rings (SSSR count). The number of piperidine rings is 1. The van der Waals surface area contributed by atoms with Gasteiger partial charge in [0, 0.05) is 42.1 Å². The van der Waals surface area contributed by atoms with Crippen molar-refractivity contribution in [2.75, 3.05) is 38.7 Å². The van der Waals surface area contributed by atoms with Crippen LogP contribution in [0.25, 0.3) is 11.2 Å². The molecule has 3 aromatic rings. The highest BCUT2D eigenvalue weighted by Gasteiger charge is 2.28. The van der Waals surface area contributed by atoms with Crippen LogP contribution in [0.3, 0.4) is 0 Å². The number of nitrogens with one attached hydrogen (secondary N) is 1. The predicted molar refractivity (Wildman–Crippen MR) is 151 cm³/mol. The second-order valence-corrected chi connectivity index (χ2v) is 11.4. The quantitative estimate of drug-likeness (QED) is 0.316. The van der Waals surface area contributed by atoms with Gasteiger partial charge in [-0.25, -0.2) is 19.7 Å². The van der Waals surface area contributed by atoms with Crippen LogP contribution in [0.15, 0.2) is 33.0 Å². The normalized spacial score (nSPS) is 15.8. The molecule has 5 N–H and O–H groups in total. The highest BCUT2D eigenvalue weighted by atomic mass is 79.9. The molecular weight excluding hydrogens is 604 g/mol. The fourth-order valence-electron chi connectivity index (χ4n) is 4.73. The van der Waals surface area contributed by atoms with E-state index in [1.165, 1.54) is 18.1 Å². The third kappa shape index (κ3) is 6.20. The van der Waals surface area contributed by atoms with E-state index in [1.807, 2.05) is 12.1 Å². The molecule has 1 aromatic carbocycles. The fraction of sp³-hybridized carbons (Fsp3) is 0.480. The molecule has 0 saturated carbocycles. The number of nitrogen functional groups attached to an aromatic ring is 1. The summed E-state index contributed by atoms with van der Waals surface area (Å²) in [6.07, 6.45) is 2.52. The number of carbonyl (C=O) groups excluding carboxylic acids is 2. The van der Waals surface area contributed by atoms with E-state index in [0.29, 0.717) is 67.1 Å². The van der Waals surface area contributed by atoms with E-state index < -0.39 is 12.2 Å². The number of aromatic nitrogens is 4. The zero-order valence-electron chi connectivity index (χ0n) is 22.0. The lowest BCUT2D eigenvalue weighted by Gasteiger charge is -2.33. The molecule has 0 spiro atoms. The van der Waals surface area contributed by atoms with Crippen molar-refractivity contribution in [1.29, 1.82) is 0 Å². The minimum absolute atomic E-state index is 0.192. The number of benzene rings is 1. The van der Waals surface area contributed by atoms with Crippen molar-refractivity contribution in [3.05, 3.63) is 22.9 Å². The van der Waals surface area contributed by atoms with Crippen molar-refractivity contribution in [3.8, 4) is 11.5 Å². The van der Waals surface area contributed by atoms with Crippen LogP contribution in [0.2, 0.25) is 0 Å². The van der Waals surface area contributed by atoms with Crippen molar-refractivity contribution in [2.24, 2.45) is 11.7 Å². The smallest absolute Gasteiger partial charge is 0.407 e. The SMILES string of the molecule is CC(OC(=O)NCCN)C(=O)N1CCC(CCn2c(Sc3cc4c(cc3Br)OCO4)nc3c(N)ncnc32)CC1. The number of nitrogens with two attached hydrogens (primary N) is 2. The number of anilines is 1. The van der Waals surface area contributed by atoms with E-state index in [4.69, 9.17) is 30.7 Å². The van der Waals surface area contributed by atoms with Crippen molar-refractivity contribution < 1.29 is 23.8 Å². The average molecular weight is 636 g/mol. The third-order valence-electron chi connectivity index (χ3n) is 6.89. The lowest BCUT2D eigenvalue weighted by atomic mass is 9.93. The van der Waals surface area contributed by atoms with E-state index >= 15 is 0 Å². The number of hydrogen-bond donors (Lipinski definition) is 3. The molecule has 0 bridgehead atoms. The molecule has 1 atom stereocenters. The van der Waals surface area contributed by atoms with Gasteiger partial charge in [0.05, 0.1) is 0 Å². The second kappa shape index (κ2) is 12.5. The number of hydrogen-bond acceptors (Lipinski definition) is 11. The number of halogens is 1. The van der Waals surface area contributed by atoms with E-state index in [0.717, 1.165) is 33.8 Å². The van der Waals surface area contributed by atoms with Crippen LogP contribution >= 0.6 is 27.7 Å². The van der Waals surface area contributed by atoms with Gasteiger partial charge in [0.25, 0.3) is 5.91 Å². The summed E-state index contributed by atoms with van der Waals surface area (Å²) in [5.74, 6) is 1.92. The molecule has 214 valence electrons. The maximum Gasteiger partial charge on any atom is 0.407 e. The maximum atomic E-state index is 12.8. The van der Waals surface area contributed by atoms with Gasteiger partial charge in [-0.1, -0.05) is 11.8 Å². The number of likely N-dealkylation sites (tertiary alicyclic amines) is 1. The summed E-state index contributed by atoms with van der Waals surface area (Å²) in [5.41, 5.74) is 12.8. The summed E-state index contributed by atoms with van der Waals surface area (Å²) < 4.78 is 19.2. The van der Waals surface area contributed by atoms with Gasteiger partial charge in [-0.05, 0) is 60.2 Å². The molecule has 1 unspecified atom stereocenters. The molecule has 2 aromatic heterocycles. The van der Waals surface area contributed by atoms with Crippen molar-refractivity contribution in [1.82, 2.24) is 29.7 Å². The zero-order valence-corrected chi connectivity index (χ0v) is 24.4. The Morgan fingerprint density at radius 2 is 2.00 bits per heavy atom. The zero-order chi connectivity index (χ0) is 28.2. The van der Waals surface area contributed by atoms with Gasteiger partial charge in [-0.2, -0.15) is 0 Å². The lowest BCUT2D eigenvalue weighted by molar-refractivity contribution is -0.140. The number of aryl methyl sites for hydroxylation is 1. The summed E-state index contributed by atoms with van der Waals surface area (Å²) in [6.45, 7) is 4.27. The molecule has 2 aliphatic rings. The Kier molecular flexibility index (Phi) is 8.81. The molecule has 0 radical (unpaired) electrons. The van der Waals surface area contributed by atoms with Crippen molar-refractivity contribution in [2.45, 2.75) is 48.9 Å². The van der Waals surface area contributed by atoms with Crippen LogP contribution in [0.1, 0.15) is 26.2 Å². The first-order valence-electron chi connectivity index (χ1n) is 13.0. The molecule has 2 amide bonds. The number of fused-ring (bicyclic) bond motifs is 2. The van der Waals surface area contributed by atoms with Gasteiger partial charge in [-0.3, -0.25) is 4.79 Å². The molecule has 0 aliphatic carbocycles. The summed E-state index contributed by atoms with van der Waals surface area (Å²) in [7, 11) is 0. The molecule has 4 heterocycles. The third-order valence-corrected chi connectivity index (χ3v) is 8.86. The molecule has 13 nitrogen and oxygen atoms in total. The molecule has 15 heteroatoms. The van der Waals surface area contributed by atoms with Gasteiger partial charge < -0.3 is 40.5 Å². The molecular formula is C25H31BrN8O5S. The molecule has 40 heavy (non-hydrogen) atoms. The number of amides is 2. The first-order chi connectivity index (χ1) is 19.3. The maximum absolute atomic E-state index is 12.8. The van der Waals surface area contributed by atoms with E-state index in [9.17, 15) is 9.59 Å². The Morgan fingerprint density at radius 1 is 1.25 bits per heavy atom. The summed E-state index contributed by atoms with van der Waals surface area (Å²) in [5, 5.41) is 3.25. The molecule has 1 saturated heterocycles. The Balaban J connectivity index is 1.23. The van der Waals surface area contributed by atoms with Crippen molar-refractivity contribution in [3.63, 3.8) is 0 Å². The van der Waals surface area contributed by atoms with Crippen LogP contribution in [0.5, 0.6) is 11.5 Å². The topological polar surface area (TPSA) is 173 Å². The number of carbonyl (C=O) groups is 2. The Bertz CT molecular complexity index is 1400. The standard InChI is InChI=1S/C25H31BrN8O5S/c1-14(39-25(36)29-6-5-27)23(35)33-7-2-15(3-8-33)4-9-34-22-20(21(28)30-12-31-22)32-24(34)40-19-11-18-17(10-16(19)26)37-13-38-18/h10-12,14-15H,2-9,13,27H2,1H3,(H,29,36)(H2,28,30,31). The average Bonchev–Trinajstić information content (AvgIpc) is 3.55. The first-order valence-corrected chi connectivity index (χ1v) is 14.6. The summed E-state index contributed by atoms with van der Waals surface area (Å²) >= 11 is 5.11. The minimum Gasteiger partial charge on any atom is -0.454 e. The number of ether oxygens (including phenoxy) is 3. The van der Waals surface area contributed by atoms with Crippen molar-refractivity contribution >= 4 is 56.7 Å².